The molecule has 102 valence electrons. The van der Waals surface area contributed by atoms with E-state index in [1.54, 1.807) is 0 Å². The van der Waals surface area contributed by atoms with Crippen molar-refractivity contribution >= 4 is 18.3 Å². The highest BCUT2D eigenvalue weighted by Crippen LogP contribution is 2.19. The first kappa shape index (κ1) is 16.7. The Hall–Kier alpha value is -0.320. The van der Waals surface area contributed by atoms with Crippen LogP contribution in [0, 0.1) is 11.8 Å². The van der Waals surface area contributed by atoms with Crippen LogP contribution in [0.3, 0.4) is 0 Å². The summed E-state index contributed by atoms with van der Waals surface area (Å²) in [6.45, 7) is 7.69. The first-order chi connectivity index (χ1) is 7.54. The van der Waals surface area contributed by atoms with Crippen LogP contribution in [0.1, 0.15) is 33.6 Å². The lowest BCUT2D eigenvalue weighted by molar-refractivity contribution is -0.132. The van der Waals surface area contributed by atoms with Gasteiger partial charge in [-0.3, -0.25) is 4.79 Å². The monoisotopic (exact) mass is 264 g/mol. The van der Waals surface area contributed by atoms with Gasteiger partial charge in [0, 0.05) is 13.1 Å². The normalized spacial score (nSPS) is 25.5. The number of hydrogen-bond donors (Lipinski definition) is 2. The number of halogens is 1. The third kappa shape index (κ3) is 5.23. The number of hydrogen-bond acceptors (Lipinski definition) is 3. The minimum Gasteiger partial charge on any atom is -0.364 e. The van der Waals surface area contributed by atoms with Crippen LogP contribution in [0.25, 0.3) is 0 Å². The second-order valence-electron chi connectivity index (χ2n) is 5.03. The Labute approximate surface area is 110 Å². The molecular formula is C12H25ClN2O2. The van der Waals surface area contributed by atoms with Crippen molar-refractivity contribution in [3.05, 3.63) is 0 Å². The molecule has 4 nitrogen and oxygen atoms in total. The number of nitrogens with two attached hydrogens (primary N) is 1. The van der Waals surface area contributed by atoms with Crippen LogP contribution in [-0.4, -0.2) is 31.2 Å². The van der Waals surface area contributed by atoms with Gasteiger partial charge in [0.05, 0.1) is 6.10 Å². The van der Waals surface area contributed by atoms with E-state index in [0.717, 1.165) is 19.4 Å². The lowest BCUT2D eigenvalue weighted by Crippen LogP contribution is -2.38. The van der Waals surface area contributed by atoms with E-state index in [2.05, 4.69) is 26.1 Å². The summed E-state index contributed by atoms with van der Waals surface area (Å²) in [5, 5.41) is 2.95. The zero-order valence-electron chi connectivity index (χ0n) is 10.9. The van der Waals surface area contributed by atoms with E-state index >= 15 is 0 Å². The average Bonchev–Trinajstić information content (AvgIpc) is 2.73. The Morgan fingerprint density at radius 3 is 2.53 bits per heavy atom. The molecule has 0 aromatic carbocycles. The molecule has 1 fully saturated rings. The number of ether oxygens (including phenoxy) is 1. The third-order valence-corrected chi connectivity index (χ3v) is 3.40. The summed E-state index contributed by atoms with van der Waals surface area (Å²) in [7, 11) is 0. The standard InChI is InChI=1S/C12H24N2O2.ClH/c1-8(2)9(3)7-14-12(15)11-5-4-10(6-13)16-11;/h8-11H,4-7,13H2,1-3H3,(H,14,15);1H/t9?,10-,11+;/m1./s1. The first-order valence-corrected chi connectivity index (χ1v) is 6.17. The molecule has 0 aromatic rings. The fourth-order valence-corrected chi connectivity index (χ4v) is 1.68. The predicted molar refractivity (Wildman–Crippen MR) is 71.2 cm³/mol. The average molecular weight is 265 g/mol. The lowest BCUT2D eigenvalue weighted by atomic mass is 9.98. The quantitative estimate of drug-likeness (QED) is 0.787. The van der Waals surface area contributed by atoms with Crippen molar-refractivity contribution in [1.82, 2.24) is 5.32 Å². The van der Waals surface area contributed by atoms with Gasteiger partial charge in [0.15, 0.2) is 0 Å². The van der Waals surface area contributed by atoms with Crippen molar-refractivity contribution in [2.75, 3.05) is 13.1 Å². The van der Waals surface area contributed by atoms with Gasteiger partial charge in [-0.15, -0.1) is 12.4 Å². The van der Waals surface area contributed by atoms with Gasteiger partial charge < -0.3 is 15.8 Å². The zero-order valence-corrected chi connectivity index (χ0v) is 11.8. The number of amides is 1. The van der Waals surface area contributed by atoms with Crippen LogP contribution < -0.4 is 11.1 Å². The summed E-state index contributed by atoms with van der Waals surface area (Å²) in [5.41, 5.74) is 5.50. The van der Waals surface area contributed by atoms with Crippen molar-refractivity contribution in [2.45, 2.75) is 45.8 Å². The van der Waals surface area contributed by atoms with Crippen molar-refractivity contribution in [3.63, 3.8) is 0 Å². The Balaban J connectivity index is 0.00000256. The third-order valence-electron chi connectivity index (χ3n) is 3.40. The Morgan fingerprint density at radius 2 is 2.06 bits per heavy atom. The molecule has 0 aliphatic carbocycles. The number of rotatable bonds is 5. The van der Waals surface area contributed by atoms with E-state index in [9.17, 15) is 4.79 Å². The second-order valence-corrected chi connectivity index (χ2v) is 5.03. The van der Waals surface area contributed by atoms with Gasteiger partial charge in [-0.05, 0) is 24.7 Å². The number of nitrogens with one attached hydrogen (secondary N) is 1. The second kappa shape index (κ2) is 7.90. The summed E-state index contributed by atoms with van der Waals surface area (Å²) in [5.74, 6) is 1.10. The van der Waals surface area contributed by atoms with E-state index in [4.69, 9.17) is 10.5 Å². The Bertz CT molecular complexity index is 237. The first-order valence-electron chi connectivity index (χ1n) is 6.17. The van der Waals surface area contributed by atoms with Crippen LogP contribution in [0.5, 0.6) is 0 Å². The van der Waals surface area contributed by atoms with E-state index in [-0.39, 0.29) is 30.5 Å². The minimum absolute atomic E-state index is 0. The molecule has 1 amide bonds. The van der Waals surface area contributed by atoms with E-state index in [1.165, 1.54) is 0 Å². The lowest BCUT2D eigenvalue weighted by Gasteiger charge is -2.18. The highest BCUT2D eigenvalue weighted by Gasteiger charge is 2.29. The Kier molecular flexibility index (Phi) is 7.75. The molecule has 5 heteroatoms. The van der Waals surface area contributed by atoms with E-state index in [0.29, 0.717) is 18.4 Å². The summed E-state index contributed by atoms with van der Waals surface area (Å²) < 4.78 is 5.53. The number of carbonyl (C=O) groups is 1. The van der Waals surface area contributed by atoms with Crippen molar-refractivity contribution in [2.24, 2.45) is 17.6 Å². The highest BCUT2D eigenvalue weighted by molar-refractivity contribution is 5.85. The molecule has 0 aromatic heterocycles. The summed E-state index contributed by atoms with van der Waals surface area (Å²) >= 11 is 0. The van der Waals surface area contributed by atoms with E-state index in [1.807, 2.05) is 0 Å². The van der Waals surface area contributed by atoms with Gasteiger partial charge in [-0.1, -0.05) is 20.8 Å². The predicted octanol–water partition coefficient (Wildman–Crippen LogP) is 1.32. The molecule has 1 heterocycles. The van der Waals surface area contributed by atoms with Gasteiger partial charge >= 0.3 is 0 Å². The van der Waals surface area contributed by atoms with Crippen LogP contribution in [-0.2, 0) is 9.53 Å². The van der Waals surface area contributed by atoms with Crippen LogP contribution in [0.4, 0.5) is 0 Å². The van der Waals surface area contributed by atoms with Gasteiger partial charge in [0.2, 0.25) is 5.91 Å². The highest BCUT2D eigenvalue weighted by atomic mass is 35.5. The zero-order chi connectivity index (χ0) is 12.1. The van der Waals surface area contributed by atoms with Gasteiger partial charge in [0.25, 0.3) is 0 Å². The molecular weight excluding hydrogens is 240 g/mol. The molecule has 17 heavy (non-hydrogen) atoms. The minimum atomic E-state index is -0.284. The molecule has 1 aliphatic rings. The molecule has 0 bridgehead atoms. The molecule has 1 rings (SSSR count). The molecule has 0 saturated carbocycles. The van der Waals surface area contributed by atoms with Gasteiger partial charge in [0.1, 0.15) is 6.10 Å². The largest absolute Gasteiger partial charge is 0.364 e. The smallest absolute Gasteiger partial charge is 0.249 e. The molecule has 0 spiro atoms. The molecule has 1 saturated heterocycles. The molecule has 1 unspecified atom stereocenters. The molecule has 3 N–H and O–H groups in total. The number of carbonyl (C=O) groups excluding carboxylic acids is 1. The summed E-state index contributed by atoms with van der Waals surface area (Å²) in [4.78, 5) is 11.8. The van der Waals surface area contributed by atoms with Crippen LogP contribution in [0.2, 0.25) is 0 Å². The summed E-state index contributed by atoms with van der Waals surface area (Å²) in [6, 6.07) is 0. The van der Waals surface area contributed by atoms with Gasteiger partial charge in [-0.25, -0.2) is 0 Å². The van der Waals surface area contributed by atoms with Crippen molar-refractivity contribution in [1.29, 1.82) is 0 Å². The van der Waals surface area contributed by atoms with Crippen molar-refractivity contribution in [3.8, 4) is 0 Å². The maximum Gasteiger partial charge on any atom is 0.249 e. The fourth-order valence-electron chi connectivity index (χ4n) is 1.68. The molecule has 3 atom stereocenters. The maximum atomic E-state index is 11.8. The SMILES string of the molecule is CC(C)C(C)CNC(=O)[C@@H]1CC[C@H](CN)O1.Cl. The van der Waals surface area contributed by atoms with E-state index < -0.39 is 0 Å². The fraction of sp³-hybridized carbons (Fsp3) is 0.917. The molecule has 0 radical (unpaired) electrons. The van der Waals surface area contributed by atoms with Crippen molar-refractivity contribution < 1.29 is 9.53 Å². The molecule has 1 aliphatic heterocycles. The Morgan fingerprint density at radius 1 is 1.41 bits per heavy atom. The maximum absolute atomic E-state index is 11.8. The topological polar surface area (TPSA) is 64.4 Å². The van der Waals surface area contributed by atoms with Gasteiger partial charge in [-0.2, -0.15) is 0 Å². The van der Waals surface area contributed by atoms with Crippen LogP contribution >= 0.6 is 12.4 Å². The van der Waals surface area contributed by atoms with Crippen LogP contribution in [0.15, 0.2) is 0 Å². The summed E-state index contributed by atoms with van der Waals surface area (Å²) in [6.07, 6.45) is 1.48.